The van der Waals surface area contributed by atoms with Gasteiger partial charge >= 0.3 is 0 Å². The van der Waals surface area contributed by atoms with Crippen LogP contribution in [-0.2, 0) is 4.74 Å². The highest BCUT2D eigenvalue weighted by atomic mass is 32.1. The molecule has 94 valence electrons. The zero-order valence-electron chi connectivity index (χ0n) is 9.35. The van der Waals surface area contributed by atoms with Crippen molar-refractivity contribution in [2.75, 3.05) is 12.3 Å². The van der Waals surface area contributed by atoms with Crippen molar-refractivity contribution in [2.24, 2.45) is 5.92 Å². The molecular formula is C10H15N3O3S. The first-order valence-corrected chi connectivity index (χ1v) is 5.74. The van der Waals surface area contributed by atoms with Gasteiger partial charge in [0.2, 0.25) is 4.77 Å². The second kappa shape index (κ2) is 4.69. The van der Waals surface area contributed by atoms with Gasteiger partial charge in [-0.1, -0.05) is 6.92 Å². The minimum absolute atomic E-state index is 0.177. The molecule has 7 heteroatoms. The first-order valence-electron chi connectivity index (χ1n) is 5.33. The Balaban J connectivity index is 2.32. The van der Waals surface area contributed by atoms with Gasteiger partial charge in [0.05, 0.1) is 12.7 Å². The zero-order chi connectivity index (χ0) is 12.6. The minimum Gasteiger partial charge on any atom is -0.394 e. The molecule has 2 unspecified atom stereocenters. The van der Waals surface area contributed by atoms with E-state index in [4.69, 9.17) is 27.8 Å². The number of nitrogen functional groups attached to an aromatic ring is 1. The third-order valence-corrected chi connectivity index (χ3v) is 3.29. The minimum atomic E-state index is -0.718. The fraction of sp³-hybridized carbons (Fsp3) is 0.600. The monoisotopic (exact) mass is 257 g/mol. The molecule has 0 saturated carbocycles. The van der Waals surface area contributed by atoms with Crippen molar-refractivity contribution in [1.82, 2.24) is 9.55 Å². The molecule has 1 aliphatic heterocycles. The Labute approximate surface area is 104 Å². The van der Waals surface area contributed by atoms with Crippen LogP contribution in [0.15, 0.2) is 12.3 Å². The van der Waals surface area contributed by atoms with Gasteiger partial charge in [-0.15, -0.1) is 0 Å². The summed E-state index contributed by atoms with van der Waals surface area (Å²) in [5, 5.41) is 18.9. The van der Waals surface area contributed by atoms with E-state index in [9.17, 15) is 5.11 Å². The summed E-state index contributed by atoms with van der Waals surface area (Å²) < 4.78 is 7.49. The van der Waals surface area contributed by atoms with Crippen molar-refractivity contribution in [2.45, 2.75) is 25.4 Å². The number of aliphatic hydroxyl groups excluding tert-OH is 2. The van der Waals surface area contributed by atoms with Gasteiger partial charge in [0.1, 0.15) is 18.1 Å². The van der Waals surface area contributed by atoms with Crippen molar-refractivity contribution >= 4 is 18.0 Å². The predicted molar refractivity (Wildman–Crippen MR) is 63.6 cm³/mol. The Kier molecular flexibility index (Phi) is 3.43. The van der Waals surface area contributed by atoms with E-state index in [2.05, 4.69) is 4.98 Å². The zero-order valence-corrected chi connectivity index (χ0v) is 10.2. The van der Waals surface area contributed by atoms with Crippen molar-refractivity contribution in [3.63, 3.8) is 0 Å². The summed E-state index contributed by atoms with van der Waals surface area (Å²) in [5.74, 6) is 0.167. The van der Waals surface area contributed by atoms with Crippen LogP contribution in [0.5, 0.6) is 0 Å². The van der Waals surface area contributed by atoms with Crippen molar-refractivity contribution < 1.29 is 14.9 Å². The predicted octanol–water partition coefficient (Wildman–Crippen LogP) is 0.0815. The standard InChI is InChI=1S/C10H15N3O3S/c1-5-8(15)6(4-14)16-9(5)13-3-2-7(11)12-10(13)17/h2-3,5-6,8-9,14-15H,4H2,1H3,(H2,11,12,17)/t5?,6-,8?,9-/m1/s1. The van der Waals surface area contributed by atoms with Crippen LogP contribution in [0.25, 0.3) is 0 Å². The molecule has 0 spiro atoms. The van der Waals surface area contributed by atoms with Gasteiger partial charge in [0.25, 0.3) is 0 Å². The lowest BCUT2D eigenvalue weighted by Gasteiger charge is -2.18. The third-order valence-electron chi connectivity index (χ3n) is 2.99. The molecule has 1 aromatic heterocycles. The molecule has 1 aromatic rings. The van der Waals surface area contributed by atoms with E-state index in [0.717, 1.165) is 0 Å². The van der Waals surface area contributed by atoms with E-state index in [-0.39, 0.29) is 12.5 Å². The molecule has 1 fully saturated rings. The number of ether oxygens (including phenoxy) is 1. The average molecular weight is 257 g/mol. The van der Waals surface area contributed by atoms with Gasteiger partial charge in [0.15, 0.2) is 0 Å². The number of nitrogens with zero attached hydrogens (tertiary/aromatic N) is 2. The summed E-state index contributed by atoms with van der Waals surface area (Å²) >= 11 is 5.09. The number of hydrogen-bond acceptors (Lipinski definition) is 6. The van der Waals surface area contributed by atoms with Crippen molar-refractivity contribution in [1.29, 1.82) is 0 Å². The normalized spacial score (nSPS) is 32.9. The molecule has 2 rings (SSSR count). The third kappa shape index (κ3) is 2.19. The van der Waals surface area contributed by atoms with E-state index in [1.165, 1.54) is 0 Å². The number of rotatable bonds is 2. The molecule has 0 radical (unpaired) electrons. The quantitative estimate of drug-likeness (QED) is 0.650. The summed E-state index contributed by atoms with van der Waals surface area (Å²) in [6.45, 7) is 1.61. The molecule has 0 amide bonds. The number of aliphatic hydroxyl groups is 2. The second-order valence-corrected chi connectivity index (χ2v) is 4.50. The molecule has 2 heterocycles. The molecule has 1 aliphatic rings. The lowest BCUT2D eigenvalue weighted by Crippen LogP contribution is -2.28. The van der Waals surface area contributed by atoms with Crippen LogP contribution in [-0.4, -0.2) is 38.6 Å². The van der Waals surface area contributed by atoms with Crippen molar-refractivity contribution in [3.8, 4) is 0 Å². The lowest BCUT2D eigenvalue weighted by molar-refractivity contribution is -0.0469. The van der Waals surface area contributed by atoms with Crippen molar-refractivity contribution in [3.05, 3.63) is 17.0 Å². The second-order valence-electron chi connectivity index (χ2n) is 4.14. The number of nitrogens with two attached hydrogens (primary N) is 1. The van der Waals surface area contributed by atoms with Gasteiger partial charge in [-0.25, -0.2) is 4.98 Å². The number of hydrogen-bond donors (Lipinski definition) is 3. The lowest BCUT2D eigenvalue weighted by atomic mass is 10.0. The maximum Gasteiger partial charge on any atom is 0.203 e. The van der Waals surface area contributed by atoms with E-state index >= 15 is 0 Å². The fourth-order valence-corrected chi connectivity index (χ4v) is 2.25. The Bertz CT molecular complexity index is 464. The van der Waals surface area contributed by atoms with Gasteiger partial charge in [0, 0.05) is 12.1 Å². The highest BCUT2D eigenvalue weighted by molar-refractivity contribution is 7.71. The highest BCUT2D eigenvalue weighted by Gasteiger charge is 2.41. The Morgan fingerprint density at radius 3 is 2.88 bits per heavy atom. The largest absolute Gasteiger partial charge is 0.394 e. The summed E-state index contributed by atoms with van der Waals surface area (Å²) in [6.07, 6.45) is -0.0557. The molecule has 6 nitrogen and oxygen atoms in total. The van der Waals surface area contributed by atoms with E-state index in [0.29, 0.717) is 10.6 Å². The Morgan fingerprint density at radius 2 is 2.35 bits per heavy atom. The summed E-state index contributed by atoms with van der Waals surface area (Å²) in [5.41, 5.74) is 5.52. The van der Waals surface area contributed by atoms with Gasteiger partial charge in [-0.3, -0.25) is 4.57 Å². The van der Waals surface area contributed by atoms with Gasteiger partial charge in [-0.2, -0.15) is 0 Å². The molecule has 4 atom stereocenters. The smallest absolute Gasteiger partial charge is 0.203 e. The number of anilines is 1. The van der Waals surface area contributed by atoms with Crippen LogP contribution in [0.2, 0.25) is 0 Å². The Hall–Kier alpha value is -1.02. The van der Waals surface area contributed by atoms with E-state index in [1.807, 2.05) is 6.92 Å². The molecule has 1 saturated heterocycles. The molecular weight excluding hydrogens is 242 g/mol. The SMILES string of the molecule is CC1C(O)[C@@H](CO)O[C@H]1n1ccc(N)nc1=S. The summed E-state index contributed by atoms with van der Waals surface area (Å²) in [6, 6.07) is 1.62. The van der Waals surface area contributed by atoms with Crippen LogP contribution in [0.1, 0.15) is 13.2 Å². The molecule has 4 N–H and O–H groups in total. The highest BCUT2D eigenvalue weighted by Crippen LogP contribution is 2.34. The molecule has 17 heavy (non-hydrogen) atoms. The fourth-order valence-electron chi connectivity index (χ4n) is 1.98. The van der Waals surface area contributed by atoms with Crippen LogP contribution in [0, 0.1) is 10.7 Å². The van der Waals surface area contributed by atoms with Gasteiger partial charge < -0.3 is 20.7 Å². The molecule has 0 bridgehead atoms. The Morgan fingerprint density at radius 1 is 1.65 bits per heavy atom. The van der Waals surface area contributed by atoms with Gasteiger partial charge in [-0.05, 0) is 18.3 Å². The maximum absolute atomic E-state index is 9.86. The summed E-state index contributed by atoms with van der Waals surface area (Å²) in [4.78, 5) is 3.96. The topological polar surface area (TPSA) is 93.5 Å². The molecule has 0 aromatic carbocycles. The first kappa shape index (κ1) is 12.4. The van der Waals surface area contributed by atoms with E-state index in [1.54, 1.807) is 16.8 Å². The maximum atomic E-state index is 9.86. The molecule has 0 aliphatic carbocycles. The van der Waals surface area contributed by atoms with Crippen LogP contribution in [0.4, 0.5) is 5.82 Å². The number of aromatic nitrogens is 2. The van der Waals surface area contributed by atoms with Crippen LogP contribution >= 0.6 is 12.2 Å². The van der Waals surface area contributed by atoms with Crippen LogP contribution in [0.3, 0.4) is 0 Å². The first-order chi connectivity index (χ1) is 8.04. The summed E-state index contributed by atoms with van der Waals surface area (Å²) in [7, 11) is 0. The average Bonchev–Trinajstić information content (AvgIpc) is 2.57. The van der Waals surface area contributed by atoms with E-state index < -0.39 is 18.4 Å². The van der Waals surface area contributed by atoms with Crippen LogP contribution < -0.4 is 5.73 Å².